The molecular weight excluding hydrogens is 236 g/mol. The van der Waals surface area contributed by atoms with E-state index in [2.05, 4.69) is 11.8 Å². The molecule has 0 atom stereocenters. The Kier molecular flexibility index (Phi) is 5.41. The topological polar surface area (TPSA) is 63.4 Å². The minimum atomic E-state index is -2.89. The zero-order chi connectivity index (χ0) is 12.9. The number of sulfone groups is 1. The van der Waals surface area contributed by atoms with Gasteiger partial charge in [0.25, 0.3) is 0 Å². The van der Waals surface area contributed by atoms with Gasteiger partial charge in [-0.1, -0.05) is 26.2 Å². The molecule has 0 aliphatic heterocycles. The number of nitrogens with two attached hydrogens (primary N) is 1. The first kappa shape index (κ1) is 14.9. The highest BCUT2D eigenvalue weighted by Gasteiger charge is 2.35. The number of hydrogen-bond donors (Lipinski definition) is 1. The van der Waals surface area contributed by atoms with Crippen LogP contribution in [0.2, 0.25) is 0 Å². The van der Waals surface area contributed by atoms with Crippen LogP contribution in [0.3, 0.4) is 0 Å². The molecule has 1 aliphatic carbocycles. The summed E-state index contributed by atoms with van der Waals surface area (Å²) in [6, 6.07) is 0. The summed E-state index contributed by atoms with van der Waals surface area (Å²) in [6.45, 7) is 4.23. The molecule has 5 heteroatoms. The second-order valence-corrected chi connectivity index (χ2v) is 7.46. The van der Waals surface area contributed by atoms with E-state index in [-0.39, 0.29) is 11.3 Å². The van der Waals surface area contributed by atoms with Gasteiger partial charge in [0.2, 0.25) is 0 Å². The van der Waals surface area contributed by atoms with Crippen LogP contribution in [0.25, 0.3) is 0 Å². The Morgan fingerprint density at radius 2 is 1.82 bits per heavy atom. The Hall–Kier alpha value is -0.130. The van der Waals surface area contributed by atoms with Gasteiger partial charge in [-0.2, -0.15) is 0 Å². The molecule has 0 bridgehead atoms. The standard InChI is InChI=1S/C12H26N2O2S/c1-3-14(9-10-17(2,15)16)12(11-13)7-5-4-6-8-12/h3-11,13H2,1-2H3. The second kappa shape index (κ2) is 6.16. The fourth-order valence-corrected chi connectivity index (χ4v) is 3.42. The molecule has 0 radical (unpaired) electrons. The predicted molar refractivity (Wildman–Crippen MR) is 71.8 cm³/mol. The maximum atomic E-state index is 11.3. The van der Waals surface area contributed by atoms with Crippen LogP contribution in [0.1, 0.15) is 39.0 Å². The summed E-state index contributed by atoms with van der Waals surface area (Å²) in [5, 5.41) is 0. The highest BCUT2D eigenvalue weighted by molar-refractivity contribution is 7.90. The third-order valence-electron chi connectivity index (χ3n) is 3.95. The van der Waals surface area contributed by atoms with E-state index >= 15 is 0 Å². The Balaban J connectivity index is 2.68. The minimum absolute atomic E-state index is 0.0533. The summed E-state index contributed by atoms with van der Waals surface area (Å²) in [4.78, 5) is 2.28. The fraction of sp³-hybridized carbons (Fsp3) is 1.00. The lowest BCUT2D eigenvalue weighted by molar-refractivity contribution is 0.0678. The zero-order valence-electron chi connectivity index (χ0n) is 11.1. The molecular formula is C12H26N2O2S. The SMILES string of the molecule is CCN(CCS(C)(=O)=O)C1(CN)CCCCC1. The third-order valence-corrected chi connectivity index (χ3v) is 4.87. The maximum Gasteiger partial charge on any atom is 0.148 e. The molecule has 0 aromatic carbocycles. The van der Waals surface area contributed by atoms with Crippen LogP contribution >= 0.6 is 0 Å². The van der Waals surface area contributed by atoms with Crippen molar-refractivity contribution in [2.24, 2.45) is 5.73 Å². The van der Waals surface area contributed by atoms with Crippen molar-refractivity contribution in [1.82, 2.24) is 4.90 Å². The van der Waals surface area contributed by atoms with Gasteiger partial charge < -0.3 is 5.73 Å². The maximum absolute atomic E-state index is 11.3. The molecule has 17 heavy (non-hydrogen) atoms. The van der Waals surface area contributed by atoms with Crippen molar-refractivity contribution < 1.29 is 8.42 Å². The normalized spacial score (nSPS) is 20.7. The lowest BCUT2D eigenvalue weighted by Gasteiger charge is -2.45. The molecule has 1 saturated carbocycles. The number of nitrogens with zero attached hydrogens (tertiary/aromatic N) is 1. The summed E-state index contributed by atoms with van der Waals surface area (Å²) in [6.07, 6.45) is 7.24. The molecule has 1 rings (SSSR count). The van der Waals surface area contributed by atoms with Gasteiger partial charge in [-0.25, -0.2) is 8.42 Å². The van der Waals surface area contributed by atoms with Crippen molar-refractivity contribution >= 4 is 9.84 Å². The highest BCUT2D eigenvalue weighted by atomic mass is 32.2. The minimum Gasteiger partial charge on any atom is -0.329 e. The van der Waals surface area contributed by atoms with Gasteiger partial charge in [0.05, 0.1) is 5.75 Å². The van der Waals surface area contributed by atoms with Crippen LogP contribution in [-0.4, -0.2) is 50.5 Å². The summed E-state index contributed by atoms with van der Waals surface area (Å²) in [5.41, 5.74) is 6.02. The summed E-state index contributed by atoms with van der Waals surface area (Å²) >= 11 is 0. The summed E-state index contributed by atoms with van der Waals surface area (Å²) in [7, 11) is -2.89. The van der Waals surface area contributed by atoms with Crippen LogP contribution in [0.15, 0.2) is 0 Å². The molecule has 102 valence electrons. The Morgan fingerprint density at radius 3 is 2.24 bits per heavy atom. The summed E-state index contributed by atoms with van der Waals surface area (Å²) in [5.74, 6) is 0.239. The average Bonchev–Trinajstić information content (AvgIpc) is 2.29. The number of hydrogen-bond acceptors (Lipinski definition) is 4. The van der Waals surface area contributed by atoms with Gasteiger partial charge in [0.15, 0.2) is 0 Å². The van der Waals surface area contributed by atoms with E-state index in [1.54, 1.807) is 0 Å². The molecule has 0 aromatic heterocycles. The highest BCUT2D eigenvalue weighted by Crippen LogP contribution is 2.32. The van der Waals surface area contributed by atoms with Gasteiger partial charge in [-0.15, -0.1) is 0 Å². The van der Waals surface area contributed by atoms with Crippen molar-refractivity contribution in [2.45, 2.75) is 44.6 Å². The average molecular weight is 262 g/mol. The molecule has 1 aliphatic rings. The molecule has 2 N–H and O–H groups in total. The van der Waals surface area contributed by atoms with Crippen molar-refractivity contribution in [2.75, 3.05) is 31.6 Å². The third kappa shape index (κ3) is 4.23. The zero-order valence-corrected chi connectivity index (χ0v) is 11.9. The quantitative estimate of drug-likeness (QED) is 0.776. The van der Waals surface area contributed by atoms with E-state index in [4.69, 9.17) is 5.73 Å². The Labute approximate surface area is 105 Å². The number of rotatable bonds is 6. The van der Waals surface area contributed by atoms with Crippen LogP contribution in [0.4, 0.5) is 0 Å². The van der Waals surface area contributed by atoms with Crippen molar-refractivity contribution in [1.29, 1.82) is 0 Å². The smallest absolute Gasteiger partial charge is 0.148 e. The molecule has 0 spiro atoms. The van der Waals surface area contributed by atoms with Gasteiger partial charge >= 0.3 is 0 Å². The molecule has 0 heterocycles. The first-order valence-corrected chi connectivity index (χ1v) is 8.62. The first-order chi connectivity index (χ1) is 7.93. The van der Waals surface area contributed by atoms with Crippen molar-refractivity contribution in [3.05, 3.63) is 0 Å². The van der Waals surface area contributed by atoms with Gasteiger partial charge in [-0.05, 0) is 19.4 Å². The fourth-order valence-electron chi connectivity index (χ4n) is 2.87. The van der Waals surface area contributed by atoms with Crippen LogP contribution in [0.5, 0.6) is 0 Å². The summed E-state index contributed by atoms with van der Waals surface area (Å²) < 4.78 is 22.5. The molecule has 1 fully saturated rings. The number of likely N-dealkylation sites (N-methyl/N-ethyl adjacent to an activating group) is 1. The van der Waals surface area contributed by atoms with Crippen molar-refractivity contribution in [3.63, 3.8) is 0 Å². The molecule has 0 saturated heterocycles. The molecule has 4 nitrogen and oxygen atoms in total. The Morgan fingerprint density at radius 1 is 1.24 bits per heavy atom. The van der Waals surface area contributed by atoms with E-state index in [0.717, 1.165) is 19.4 Å². The molecule has 0 amide bonds. The van der Waals surface area contributed by atoms with Crippen LogP contribution < -0.4 is 5.73 Å². The second-order valence-electron chi connectivity index (χ2n) is 5.20. The van der Waals surface area contributed by atoms with E-state index < -0.39 is 9.84 Å². The van der Waals surface area contributed by atoms with Crippen LogP contribution in [-0.2, 0) is 9.84 Å². The lowest BCUT2D eigenvalue weighted by atomic mass is 9.80. The lowest BCUT2D eigenvalue weighted by Crippen LogP contribution is -2.56. The Bertz CT molecular complexity index is 321. The van der Waals surface area contributed by atoms with E-state index in [1.165, 1.54) is 25.5 Å². The van der Waals surface area contributed by atoms with E-state index in [0.29, 0.717) is 13.1 Å². The van der Waals surface area contributed by atoms with E-state index in [1.807, 2.05) is 0 Å². The van der Waals surface area contributed by atoms with E-state index in [9.17, 15) is 8.42 Å². The molecule has 0 aromatic rings. The molecule has 0 unspecified atom stereocenters. The largest absolute Gasteiger partial charge is 0.329 e. The van der Waals surface area contributed by atoms with Crippen molar-refractivity contribution in [3.8, 4) is 0 Å². The monoisotopic (exact) mass is 262 g/mol. The predicted octanol–water partition coefficient (Wildman–Crippen LogP) is 1.01. The van der Waals surface area contributed by atoms with Gasteiger partial charge in [-0.3, -0.25) is 4.90 Å². The van der Waals surface area contributed by atoms with Crippen LogP contribution in [0, 0.1) is 0 Å². The van der Waals surface area contributed by atoms with Gasteiger partial charge in [0, 0.05) is 24.9 Å². The van der Waals surface area contributed by atoms with Gasteiger partial charge in [0.1, 0.15) is 9.84 Å². The first-order valence-electron chi connectivity index (χ1n) is 6.56.